The normalized spacial score (nSPS) is 9.93. The van der Waals surface area contributed by atoms with Crippen LogP contribution in [0.5, 0.6) is 0 Å². The highest BCUT2D eigenvalue weighted by molar-refractivity contribution is 14.1. The molecule has 76 valence electrons. The Bertz CT molecular complexity index is 346. The van der Waals surface area contributed by atoms with Crippen LogP contribution in [0.15, 0.2) is 22.7 Å². The van der Waals surface area contributed by atoms with Crippen LogP contribution in [-0.4, -0.2) is 16.9 Å². The van der Waals surface area contributed by atoms with Gasteiger partial charge in [0.1, 0.15) is 5.82 Å². The first-order valence-electron chi connectivity index (χ1n) is 3.94. The summed E-state index contributed by atoms with van der Waals surface area (Å²) >= 11 is 5.35. The molecule has 1 rings (SSSR count). The van der Waals surface area contributed by atoms with E-state index in [1.165, 1.54) is 18.2 Å². The van der Waals surface area contributed by atoms with E-state index < -0.39 is 5.82 Å². The largest absolute Gasteiger partial charge is 0.351 e. The van der Waals surface area contributed by atoms with E-state index >= 15 is 0 Å². The van der Waals surface area contributed by atoms with Gasteiger partial charge in [-0.05, 0) is 34.1 Å². The van der Waals surface area contributed by atoms with E-state index in [0.29, 0.717) is 16.6 Å². The molecule has 0 aliphatic carbocycles. The van der Waals surface area contributed by atoms with Crippen molar-refractivity contribution < 1.29 is 9.18 Å². The molecule has 0 saturated carbocycles. The number of halogens is 3. The van der Waals surface area contributed by atoms with Crippen LogP contribution in [0.3, 0.4) is 0 Å². The molecule has 0 radical (unpaired) electrons. The molecule has 2 nitrogen and oxygen atoms in total. The van der Waals surface area contributed by atoms with Crippen molar-refractivity contribution >= 4 is 44.4 Å². The lowest BCUT2D eigenvalue weighted by atomic mass is 10.2. The standard InChI is InChI=1S/C9H8BrFINO/c10-8-2-1-6(11)5-7(8)9(14)13-4-3-12/h1-2,5H,3-4H2,(H,13,14). The second kappa shape index (κ2) is 5.65. The van der Waals surface area contributed by atoms with Crippen molar-refractivity contribution in [2.24, 2.45) is 0 Å². The van der Waals surface area contributed by atoms with Gasteiger partial charge in [-0.15, -0.1) is 0 Å². The van der Waals surface area contributed by atoms with E-state index in [4.69, 9.17) is 0 Å². The van der Waals surface area contributed by atoms with Crippen LogP contribution in [0.25, 0.3) is 0 Å². The number of carbonyl (C=O) groups is 1. The summed E-state index contributed by atoms with van der Waals surface area (Å²) in [5, 5.41) is 2.67. The Labute approximate surface area is 104 Å². The number of alkyl halides is 1. The molecule has 0 saturated heterocycles. The molecule has 1 amide bonds. The van der Waals surface area contributed by atoms with E-state index in [2.05, 4.69) is 43.8 Å². The predicted octanol–water partition coefficient (Wildman–Crippen LogP) is 2.75. The topological polar surface area (TPSA) is 29.1 Å². The van der Waals surface area contributed by atoms with Gasteiger partial charge in [0.2, 0.25) is 0 Å². The number of nitrogens with one attached hydrogen (secondary N) is 1. The minimum atomic E-state index is -0.409. The lowest BCUT2D eigenvalue weighted by Crippen LogP contribution is -2.25. The Morgan fingerprint density at radius 3 is 2.93 bits per heavy atom. The Kier molecular flexibility index (Phi) is 4.80. The number of hydrogen-bond donors (Lipinski definition) is 1. The van der Waals surface area contributed by atoms with Gasteiger partial charge in [-0.25, -0.2) is 4.39 Å². The Balaban J connectivity index is 2.83. The van der Waals surface area contributed by atoms with Crippen molar-refractivity contribution in [3.8, 4) is 0 Å². The zero-order valence-corrected chi connectivity index (χ0v) is 10.9. The maximum absolute atomic E-state index is 12.8. The number of carbonyl (C=O) groups excluding carboxylic acids is 1. The number of amides is 1. The van der Waals surface area contributed by atoms with Gasteiger partial charge in [0.05, 0.1) is 5.56 Å². The Morgan fingerprint density at radius 2 is 2.29 bits per heavy atom. The van der Waals surface area contributed by atoms with Gasteiger partial charge in [0.15, 0.2) is 0 Å². The van der Waals surface area contributed by atoms with Crippen LogP contribution >= 0.6 is 38.5 Å². The lowest BCUT2D eigenvalue weighted by molar-refractivity contribution is 0.0955. The smallest absolute Gasteiger partial charge is 0.252 e. The van der Waals surface area contributed by atoms with Gasteiger partial charge in [-0.1, -0.05) is 22.6 Å². The maximum atomic E-state index is 12.8. The third-order valence-corrected chi connectivity index (χ3v) is 2.78. The summed E-state index contributed by atoms with van der Waals surface area (Å²) in [6, 6.07) is 4.04. The maximum Gasteiger partial charge on any atom is 0.252 e. The summed E-state index contributed by atoms with van der Waals surface area (Å²) in [6.45, 7) is 0.586. The van der Waals surface area contributed by atoms with Gasteiger partial charge in [0, 0.05) is 15.4 Å². The van der Waals surface area contributed by atoms with Crippen molar-refractivity contribution in [1.82, 2.24) is 5.32 Å². The summed E-state index contributed by atoms with van der Waals surface area (Å²) in [6.07, 6.45) is 0. The number of benzene rings is 1. The summed E-state index contributed by atoms with van der Waals surface area (Å²) in [5.41, 5.74) is 0.329. The molecule has 0 aromatic heterocycles. The fraction of sp³-hybridized carbons (Fsp3) is 0.222. The molecule has 0 bridgehead atoms. The summed E-state index contributed by atoms with van der Waals surface area (Å²) in [4.78, 5) is 11.5. The third-order valence-electron chi connectivity index (χ3n) is 1.55. The van der Waals surface area contributed by atoms with E-state index in [1.54, 1.807) is 0 Å². The lowest BCUT2D eigenvalue weighted by Gasteiger charge is -2.04. The molecular weight excluding hydrogens is 364 g/mol. The zero-order chi connectivity index (χ0) is 10.6. The molecule has 0 aliphatic heterocycles. The third kappa shape index (κ3) is 3.20. The molecule has 0 unspecified atom stereocenters. The summed E-state index contributed by atoms with van der Waals surface area (Å²) in [7, 11) is 0. The monoisotopic (exact) mass is 371 g/mol. The van der Waals surface area contributed by atoms with E-state index in [9.17, 15) is 9.18 Å². The highest BCUT2D eigenvalue weighted by Crippen LogP contribution is 2.17. The van der Waals surface area contributed by atoms with Gasteiger partial charge in [-0.3, -0.25) is 4.79 Å². The first kappa shape index (κ1) is 11.9. The Hall–Kier alpha value is -0.170. The molecule has 14 heavy (non-hydrogen) atoms. The summed E-state index contributed by atoms with van der Waals surface area (Å²) < 4.78 is 14.3. The van der Waals surface area contributed by atoms with Gasteiger partial charge < -0.3 is 5.32 Å². The molecular formula is C9H8BrFINO. The predicted molar refractivity (Wildman–Crippen MR) is 65.3 cm³/mol. The van der Waals surface area contributed by atoms with Crippen molar-refractivity contribution in [2.45, 2.75) is 0 Å². The van der Waals surface area contributed by atoms with E-state index in [-0.39, 0.29) is 5.91 Å². The average Bonchev–Trinajstić information content (AvgIpc) is 2.18. The van der Waals surface area contributed by atoms with Crippen molar-refractivity contribution in [3.05, 3.63) is 34.1 Å². The fourth-order valence-corrected chi connectivity index (χ4v) is 1.62. The fourth-order valence-electron chi connectivity index (χ4n) is 0.928. The average molecular weight is 372 g/mol. The SMILES string of the molecule is O=C(NCCI)c1cc(F)ccc1Br. The molecule has 1 N–H and O–H groups in total. The van der Waals surface area contributed by atoms with Crippen molar-refractivity contribution in [3.63, 3.8) is 0 Å². The van der Waals surface area contributed by atoms with E-state index in [0.717, 1.165) is 4.43 Å². The second-order valence-corrected chi connectivity index (χ2v) is 4.50. The molecule has 0 fully saturated rings. The molecule has 0 atom stereocenters. The van der Waals surface area contributed by atoms with Crippen molar-refractivity contribution in [2.75, 3.05) is 11.0 Å². The van der Waals surface area contributed by atoms with Crippen LogP contribution in [-0.2, 0) is 0 Å². The van der Waals surface area contributed by atoms with Crippen LogP contribution in [0.2, 0.25) is 0 Å². The van der Waals surface area contributed by atoms with Crippen LogP contribution in [0, 0.1) is 5.82 Å². The van der Waals surface area contributed by atoms with Crippen molar-refractivity contribution in [1.29, 1.82) is 0 Å². The molecule has 1 aromatic rings. The van der Waals surface area contributed by atoms with Crippen LogP contribution in [0.4, 0.5) is 4.39 Å². The molecule has 1 aromatic carbocycles. The van der Waals surface area contributed by atoms with Crippen LogP contribution < -0.4 is 5.32 Å². The van der Waals surface area contributed by atoms with E-state index in [1.807, 2.05) is 0 Å². The first-order chi connectivity index (χ1) is 6.65. The highest BCUT2D eigenvalue weighted by Gasteiger charge is 2.09. The quantitative estimate of drug-likeness (QED) is 0.642. The molecule has 0 heterocycles. The highest BCUT2D eigenvalue weighted by atomic mass is 127. The number of rotatable bonds is 3. The van der Waals surface area contributed by atoms with Gasteiger partial charge >= 0.3 is 0 Å². The van der Waals surface area contributed by atoms with Gasteiger partial charge in [0.25, 0.3) is 5.91 Å². The molecule has 5 heteroatoms. The first-order valence-corrected chi connectivity index (χ1v) is 6.26. The minimum absolute atomic E-state index is 0.256. The van der Waals surface area contributed by atoms with Crippen LogP contribution in [0.1, 0.15) is 10.4 Å². The second-order valence-electron chi connectivity index (χ2n) is 2.57. The number of hydrogen-bond acceptors (Lipinski definition) is 1. The molecule has 0 aliphatic rings. The summed E-state index contributed by atoms with van der Waals surface area (Å²) in [5.74, 6) is -0.666. The zero-order valence-electron chi connectivity index (χ0n) is 7.19. The van der Waals surface area contributed by atoms with Gasteiger partial charge in [-0.2, -0.15) is 0 Å². The Morgan fingerprint density at radius 1 is 1.57 bits per heavy atom. The minimum Gasteiger partial charge on any atom is -0.351 e. The molecule has 0 spiro atoms.